The number of rotatable bonds is 3. The number of imidazole rings is 1. The minimum Gasteiger partial charge on any atom is -0.331 e. The average Bonchev–Trinajstić information content (AvgIpc) is 3.08. The standard InChI is InChI=1S/C16H15N3S2/c1-16(2,14-4-3-7-21-14)10-19-13-8-11(9-17)5-6-12(13)18-15(19)20/h3-8H,10H2,1-2H3,(H,18,20). The third kappa shape index (κ3) is 2.53. The number of H-pyrrole nitrogens is 1. The van der Waals surface area contributed by atoms with Crippen molar-refractivity contribution >= 4 is 34.6 Å². The van der Waals surface area contributed by atoms with Crippen LogP contribution in [0.5, 0.6) is 0 Å². The van der Waals surface area contributed by atoms with Gasteiger partial charge in [0, 0.05) is 16.8 Å². The van der Waals surface area contributed by atoms with Crippen molar-refractivity contribution in [2.24, 2.45) is 0 Å². The lowest BCUT2D eigenvalue weighted by atomic mass is 9.91. The Labute approximate surface area is 132 Å². The van der Waals surface area contributed by atoms with E-state index in [4.69, 9.17) is 17.5 Å². The monoisotopic (exact) mass is 313 g/mol. The first-order valence-electron chi connectivity index (χ1n) is 6.68. The van der Waals surface area contributed by atoms with Gasteiger partial charge in [0.05, 0.1) is 22.7 Å². The number of thiophene rings is 1. The fourth-order valence-electron chi connectivity index (χ4n) is 2.52. The fraction of sp³-hybridized carbons (Fsp3) is 0.250. The summed E-state index contributed by atoms with van der Waals surface area (Å²) >= 11 is 7.22. The summed E-state index contributed by atoms with van der Waals surface area (Å²) in [5.41, 5.74) is 2.60. The average molecular weight is 313 g/mol. The lowest BCUT2D eigenvalue weighted by Crippen LogP contribution is -2.23. The molecule has 0 aliphatic carbocycles. The van der Waals surface area contributed by atoms with Crippen LogP contribution in [0.25, 0.3) is 11.0 Å². The normalized spacial score (nSPS) is 11.7. The van der Waals surface area contributed by atoms with Gasteiger partial charge in [-0.05, 0) is 41.9 Å². The maximum absolute atomic E-state index is 9.08. The minimum atomic E-state index is -0.00976. The predicted molar refractivity (Wildman–Crippen MR) is 89.2 cm³/mol. The van der Waals surface area contributed by atoms with E-state index in [1.807, 2.05) is 18.2 Å². The highest BCUT2D eigenvalue weighted by Gasteiger charge is 2.23. The van der Waals surface area contributed by atoms with Crippen molar-refractivity contribution in [3.05, 3.63) is 50.9 Å². The van der Waals surface area contributed by atoms with Crippen molar-refractivity contribution < 1.29 is 0 Å². The maximum atomic E-state index is 9.08. The van der Waals surface area contributed by atoms with Crippen molar-refractivity contribution in [2.75, 3.05) is 0 Å². The number of fused-ring (bicyclic) bond motifs is 1. The number of aromatic amines is 1. The lowest BCUT2D eigenvalue weighted by molar-refractivity contribution is 0.447. The highest BCUT2D eigenvalue weighted by Crippen LogP contribution is 2.30. The number of nitrogens with zero attached hydrogens (tertiary/aromatic N) is 2. The molecule has 0 atom stereocenters. The van der Waals surface area contributed by atoms with E-state index >= 15 is 0 Å². The third-order valence-electron chi connectivity index (χ3n) is 3.65. The first-order chi connectivity index (χ1) is 10.0. The summed E-state index contributed by atoms with van der Waals surface area (Å²) < 4.78 is 2.79. The molecule has 0 radical (unpaired) electrons. The molecule has 0 aliphatic rings. The van der Waals surface area contributed by atoms with Gasteiger partial charge in [0.15, 0.2) is 4.77 Å². The summed E-state index contributed by atoms with van der Waals surface area (Å²) in [6, 6.07) is 12.0. The molecular weight excluding hydrogens is 298 g/mol. The van der Waals surface area contributed by atoms with Gasteiger partial charge in [0.25, 0.3) is 0 Å². The topological polar surface area (TPSA) is 44.5 Å². The van der Waals surface area contributed by atoms with E-state index in [2.05, 4.69) is 47.0 Å². The Bertz CT molecular complexity index is 877. The van der Waals surface area contributed by atoms with Crippen molar-refractivity contribution in [3.8, 4) is 6.07 Å². The first-order valence-corrected chi connectivity index (χ1v) is 7.97. The lowest BCUT2D eigenvalue weighted by Gasteiger charge is -2.24. The summed E-state index contributed by atoms with van der Waals surface area (Å²) in [5.74, 6) is 0. The molecule has 0 unspecified atom stereocenters. The highest BCUT2D eigenvalue weighted by molar-refractivity contribution is 7.71. The number of nitrogens with one attached hydrogen (secondary N) is 1. The van der Waals surface area contributed by atoms with Crippen molar-refractivity contribution in [1.29, 1.82) is 5.26 Å². The molecule has 0 fully saturated rings. The van der Waals surface area contributed by atoms with Gasteiger partial charge >= 0.3 is 0 Å². The quantitative estimate of drug-likeness (QED) is 0.718. The number of benzene rings is 1. The Balaban J connectivity index is 2.10. The molecule has 1 aromatic carbocycles. The molecule has 2 aromatic heterocycles. The van der Waals surface area contributed by atoms with Gasteiger partial charge in [-0.3, -0.25) is 0 Å². The van der Waals surface area contributed by atoms with Crippen molar-refractivity contribution in [3.63, 3.8) is 0 Å². The summed E-state index contributed by atoms with van der Waals surface area (Å²) in [7, 11) is 0. The zero-order chi connectivity index (χ0) is 15.0. The summed E-state index contributed by atoms with van der Waals surface area (Å²) in [5, 5.41) is 11.2. The second kappa shape index (κ2) is 5.14. The molecule has 3 aromatic rings. The molecule has 21 heavy (non-hydrogen) atoms. The van der Waals surface area contributed by atoms with E-state index in [1.54, 1.807) is 11.3 Å². The molecule has 5 heteroatoms. The van der Waals surface area contributed by atoms with E-state index in [-0.39, 0.29) is 5.41 Å². The number of nitriles is 1. The summed E-state index contributed by atoms with van der Waals surface area (Å²) in [4.78, 5) is 4.55. The second-order valence-corrected chi connectivity index (χ2v) is 7.06. The van der Waals surface area contributed by atoms with Crippen LogP contribution in [-0.4, -0.2) is 9.55 Å². The third-order valence-corrected chi connectivity index (χ3v) is 5.20. The molecule has 0 aliphatic heterocycles. The van der Waals surface area contributed by atoms with Gasteiger partial charge < -0.3 is 9.55 Å². The smallest absolute Gasteiger partial charge is 0.178 e. The Morgan fingerprint density at radius 2 is 2.19 bits per heavy atom. The number of aromatic nitrogens is 2. The molecule has 0 saturated heterocycles. The van der Waals surface area contributed by atoms with E-state index < -0.39 is 0 Å². The maximum Gasteiger partial charge on any atom is 0.178 e. The van der Waals surface area contributed by atoms with Gasteiger partial charge in [0.1, 0.15) is 0 Å². The Morgan fingerprint density at radius 1 is 1.38 bits per heavy atom. The molecule has 2 heterocycles. The van der Waals surface area contributed by atoms with E-state index in [1.165, 1.54) is 4.88 Å². The summed E-state index contributed by atoms with van der Waals surface area (Å²) in [6.45, 7) is 5.21. The van der Waals surface area contributed by atoms with Crippen LogP contribution in [0.1, 0.15) is 24.3 Å². The molecule has 0 amide bonds. The molecule has 3 nitrogen and oxygen atoms in total. The van der Waals surface area contributed by atoms with Crippen LogP contribution < -0.4 is 0 Å². The highest BCUT2D eigenvalue weighted by atomic mass is 32.1. The zero-order valence-corrected chi connectivity index (χ0v) is 13.5. The molecule has 0 saturated carbocycles. The molecule has 3 rings (SSSR count). The SMILES string of the molecule is CC(C)(Cn1c(=S)[nH]c2ccc(C#N)cc21)c1cccs1. The summed E-state index contributed by atoms with van der Waals surface area (Å²) in [6.07, 6.45) is 0. The van der Waals surface area contributed by atoms with Gasteiger partial charge in [-0.15, -0.1) is 11.3 Å². The van der Waals surface area contributed by atoms with Gasteiger partial charge in [-0.2, -0.15) is 5.26 Å². The van der Waals surface area contributed by atoms with Crippen LogP contribution in [0.4, 0.5) is 0 Å². The van der Waals surface area contributed by atoms with Crippen molar-refractivity contribution in [2.45, 2.75) is 25.8 Å². The van der Waals surface area contributed by atoms with Crippen LogP contribution in [0.3, 0.4) is 0 Å². The first kappa shape index (κ1) is 14.1. The van der Waals surface area contributed by atoms with Crippen molar-refractivity contribution in [1.82, 2.24) is 9.55 Å². The molecule has 1 N–H and O–H groups in total. The molecule has 106 valence electrons. The molecule has 0 spiro atoms. The Hall–Kier alpha value is -1.90. The van der Waals surface area contributed by atoms with E-state index in [9.17, 15) is 0 Å². The van der Waals surface area contributed by atoms with Gasteiger partial charge in [-0.25, -0.2) is 0 Å². The van der Waals surface area contributed by atoms with Gasteiger partial charge in [-0.1, -0.05) is 19.9 Å². The van der Waals surface area contributed by atoms with Crippen LogP contribution in [0.2, 0.25) is 0 Å². The zero-order valence-electron chi connectivity index (χ0n) is 11.9. The molecular formula is C16H15N3S2. The van der Waals surface area contributed by atoms with E-state index in [0.29, 0.717) is 10.3 Å². The predicted octanol–water partition coefficient (Wildman–Crippen LogP) is 4.61. The fourth-order valence-corrected chi connectivity index (χ4v) is 3.63. The Kier molecular flexibility index (Phi) is 3.44. The van der Waals surface area contributed by atoms with Crippen LogP contribution in [-0.2, 0) is 12.0 Å². The number of hydrogen-bond donors (Lipinski definition) is 1. The van der Waals surface area contributed by atoms with Crippen LogP contribution in [0, 0.1) is 16.1 Å². The van der Waals surface area contributed by atoms with Crippen LogP contribution in [0.15, 0.2) is 35.7 Å². The van der Waals surface area contributed by atoms with Crippen LogP contribution >= 0.6 is 23.6 Å². The molecule has 0 bridgehead atoms. The minimum absolute atomic E-state index is 0.00976. The van der Waals surface area contributed by atoms with E-state index in [0.717, 1.165) is 17.6 Å². The Morgan fingerprint density at radius 3 is 2.86 bits per heavy atom. The largest absolute Gasteiger partial charge is 0.331 e. The number of hydrogen-bond acceptors (Lipinski definition) is 3. The second-order valence-electron chi connectivity index (χ2n) is 5.72. The van der Waals surface area contributed by atoms with Gasteiger partial charge in [0.2, 0.25) is 0 Å².